The van der Waals surface area contributed by atoms with Crippen LogP contribution >= 0.6 is 0 Å². The molecule has 0 N–H and O–H groups in total. The van der Waals surface area contributed by atoms with Gasteiger partial charge in [-0.05, 0) is 6.20 Å². The largest absolute Gasteiger partial charge is 0.466 e. The van der Waals surface area contributed by atoms with Crippen LogP contribution in [0, 0.1) is 0 Å². The zero-order valence-electron chi connectivity index (χ0n) is 7.57. The molecule has 0 radical (unpaired) electrons. The minimum atomic E-state index is -0.603. The second-order valence-electron chi connectivity index (χ2n) is 2.25. The number of hydrogen-bond acceptors (Lipinski definition) is 3. The molecule has 0 saturated heterocycles. The van der Waals surface area contributed by atoms with Gasteiger partial charge in [0.25, 0.3) is 0 Å². The molecule has 1 aliphatic heterocycles. The highest BCUT2D eigenvalue weighted by Crippen LogP contribution is 2.11. The number of allylic oxidation sites excluding steroid dienone is 1. The van der Waals surface area contributed by atoms with Crippen molar-refractivity contribution in [1.82, 2.24) is 4.90 Å². The topological polar surface area (TPSA) is 29.5 Å². The van der Waals surface area contributed by atoms with Gasteiger partial charge < -0.3 is 9.64 Å². The molecule has 1 rings (SSSR count). The van der Waals surface area contributed by atoms with E-state index < -0.39 is 12.4 Å². The maximum atomic E-state index is 11.1. The Morgan fingerprint density at radius 3 is 3.27 bits per heavy atom. The Hall–Kier alpha value is -1.25. The van der Waals surface area contributed by atoms with Crippen LogP contribution in [0.1, 0.15) is 7.77 Å². The third kappa shape index (κ3) is 1.83. The van der Waals surface area contributed by atoms with Crippen molar-refractivity contribution in [2.24, 2.45) is 0 Å². The molecular formula is C8H11NO2. The van der Waals surface area contributed by atoms with E-state index >= 15 is 0 Å². The third-order valence-electron chi connectivity index (χ3n) is 1.36. The van der Waals surface area contributed by atoms with Gasteiger partial charge in [-0.2, -0.15) is 0 Å². The number of nitrogens with zero attached hydrogens (tertiary/aromatic N) is 1. The summed E-state index contributed by atoms with van der Waals surface area (Å²) in [7, 11) is 3.11. The molecule has 3 nitrogen and oxygen atoms in total. The summed E-state index contributed by atoms with van der Waals surface area (Å²) in [5.41, 5.74) is 0.363. The van der Waals surface area contributed by atoms with E-state index in [0.29, 0.717) is 5.57 Å². The number of rotatable bonds is 1. The van der Waals surface area contributed by atoms with Gasteiger partial charge in [-0.3, -0.25) is 0 Å². The van der Waals surface area contributed by atoms with Crippen LogP contribution in [0.2, 0.25) is 0 Å². The third-order valence-corrected chi connectivity index (χ3v) is 1.36. The molecule has 11 heavy (non-hydrogen) atoms. The maximum Gasteiger partial charge on any atom is 0.335 e. The van der Waals surface area contributed by atoms with Crippen molar-refractivity contribution in [3.8, 4) is 0 Å². The van der Waals surface area contributed by atoms with Crippen molar-refractivity contribution < 1.29 is 10.9 Å². The quantitative estimate of drug-likeness (QED) is 0.525. The molecule has 0 bridgehead atoms. The molecule has 0 aromatic rings. The highest BCUT2D eigenvalue weighted by atomic mass is 16.5. The highest BCUT2D eigenvalue weighted by Gasteiger charge is 2.10. The number of carbonyl (C=O) groups excluding carboxylic acids is 1. The van der Waals surface area contributed by atoms with Crippen molar-refractivity contribution in [2.45, 2.75) is 6.40 Å². The van der Waals surface area contributed by atoms with E-state index in [0.717, 1.165) is 0 Å². The number of esters is 1. The summed E-state index contributed by atoms with van der Waals surface area (Å²) in [5, 5.41) is 0. The van der Waals surface area contributed by atoms with Crippen LogP contribution in [0.15, 0.2) is 24.0 Å². The van der Waals surface area contributed by atoms with Crippen molar-refractivity contribution in [2.75, 3.05) is 14.2 Å². The van der Waals surface area contributed by atoms with Gasteiger partial charge in [-0.1, -0.05) is 6.08 Å². The molecule has 0 aromatic heterocycles. The van der Waals surface area contributed by atoms with Gasteiger partial charge >= 0.3 is 5.97 Å². The average molecular weight is 154 g/mol. The molecule has 0 saturated carbocycles. The molecule has 0 amide bonds. The van der Waals surface area contributed by atoms with Crippen molar-refractivity contribution in [3.63, 3.8) is 0 Å². The number of hydrogen-bond donors (Lipinski definition) is 0. The lowest BCUT2D eigenvalue weighted by Gasteiger charge is -2.14. The normalized spacial score (nSPS) is 24.2. The van der Waals surface area contributed by atoms with Crippen LogP contribution in [0.25, 0.3) is 0 Å². The zero-order chi connectivity index (χ0) is 9.14. The monoisotopic (exact) mass is 154 g/mol. The first-order valence-electron chi connectivity index (χ1n) is 3.85. The Balaban J connectivity index is 2.81. The molecule has 0 fully saturated rings. The second kappa shape index (κ2) is 3.23. The van der Waals surface area contributed by atoms with Crippen molar-refractivity contribution in [1.29, 1.82) is 0 Å². The number of carbonyl (C=O) groups is 1. The summed E-state index contributed by atoms with van der Waals surface area (Å²) in [5.74, 6) is -0.439. The first-order valence-corrected chi connectivity index (χ1v) is 3.27. The Bertz CT molecular complexity index is 247. The molecule has 1 heterocycles. The zero-order valence-corrected chi connectivity index (χ0v) is 6.57. The van der Waals surface area contributed by atoms with Crippen LogP contribution in [0.3, 0.4) is 0 Å². The van der Waals surface area contributed by atoms with E-state index in [1.807, 2.05) is 0 Å². The molecule has 60 valence electrons. The summed E-state index contributed by atoms with van der Waals surface area (Å²) in [6.07, 6.45) is 4.37. The Morgan fingerprint density at radius 1 is 1.91 bits per heavy atom. The maximum absolute atomic E-state index is 11.1. The van der Waals surface area contributed by atoms with Crippen LogP contribution < -0.4 is 0 Å². The van der Waals surface area contributed by atoms with E-state index in [9.17, 15) is 4.79 Å². The fraction of sp³-hybridized carbons (Fsp3) is 0.375. The summed E-state index contributed by atoms with van der Waals surface area (Å²) in [4.78, 5) is 12.8. The lowest BCUT2D eigenvalue weighted by molar-refractivity contribution is -0.136. The molecule has 1 atom stereocenters. The summed E-state index contributed by atoms with van der Waals surface area (Å²) in [6, 6.07) is 0. The molecule has 0 spiro atoms. The predicted octanol–water partition coefficient (Wildman–Crippen LogP) is 0.893. The molecule has 0 aromatic carbocycles. The number of ether oxygens (including phenoxy) is 1. The molecule has 3 heteroatoms. The van der Waals surface area contributed by atoms with E-state index in [-0.39, 0.29) is 0 Å². The molecule has 0 aliphatic carbocycles. The van der Waals surface area contributed by atoms with Crippen LogP contribution in [-0.4, -0.2) is 25.0 Å². The van der Waals surface area contributed by atoms with Crippen LogP contribution in [0.5, 0.6) is 0 Å². The Labute approximate surface area is 67.3 Å². The average Bonchev–Trinajstić information content (AvgIpc) is 2.08. The van der Waals surface area contributed by atoms with Crippen molar-refractivity contribution >= 4 is 5.97 Å². The standard InChI is InChI=1S/C8H11NO2/c1-9-5-3-4-7(6-9)8(10)11-2/h3,5-6H,4H2,1-2H3/i4D. The van der Waals surface area contributed by atoms with E-state index in [1.54, 1.807) is 30.4 Å². The van der Waals surface area contributed by atoms with Gasteiger partial charge in [0.1, 0.15) is 0 Å². The van der Waals surface area contributed by atoms with E-state index in [1.165, 1.54) is 7.11 Å². The molecule has 1 aliphatic rings. The first-order chi connectivity index (χ1) is 5.65. The Kier molecular flexibility index (Phi) is 1.90. The highest BCUT2D eigenvalue weighted by molar-refractivity contribution is 5.88. The molecule has 1 unspecified atom stereocenters. The second-order valence-corrected chi connectivity index (χ2v) is 2.25. The fourth-order valence-electron chi connectivity index (χ4n) is 0.827. The van der Waals surface area contributed by atoms with E-state index in [2.05, 4.69) is 4.74 Å². The van der Waals surface area contributed by atoms with Crippen molar-refractivity contribution in [3.05, 3.63) is 24.0 Å². The first kappa shape index (κ1) is 6.46. The fourth-order valence-corrected chi connectivity index (χ4v) is 0.827. The van der Waals surface area contributed by atoms with Gasteiger partial charge in [0.05, 0.1) is 12.7 Å². The smallest absolute Gasteiger partial charge is 0.335 e. The predicted molar refractivity (Wildman–Crippen MR) is 41.6 cm³/mol. The number of methoxy groups -OCH3 is 1. The van der Waals surface area contributed by atoms with Gasteiger partial charge in [0.2, 0.25) is 0 Å². The lowest BCUT2D eigenvalue weighted by atomic mass is 10.1. The van der Waals surface area contributed by atoms with Gasteiger partial charge in [-0.15, -0.1) is 0 Å². The van der Waals surface area contributed by atoms with Gasteiger partial charge in [0.15, 0.2) is 0 Å². The van der Waals surface area contributed by atoms with Crippen LogP contribution in [-0.2, 0) is 9.53 Å². The van der Waals surface area contributed by atoms with Gasteiger partial charge in [-0.25, -0.2) is 4.79 Å². The Morgan fingerprint density at radius 2 is 2.64 bits per heavy atom. The minimum Gasteiger partial charge on any atom is -0.466 e. The van der Waals surface area contributed by atoms with E-state index in [4.69, 9.17) is 1.37 Å². The lowest BCUT2D eigenvalue weighted by Crippen LogP contribution is -2.12. The summed E-state index contributed by atoms with van der Waals surface area (Å²) >= 11 is 0. The SMILES string of the molecule is [2H]C1C=CN(C)C=C1C(=O)OC. The molecular weight excluding hydrogens is 142 g/mol. The summed E-state index contributed by atoms with van der Waals surface area (Å²) in [6.45, 7) is 0. The van der Waals surface area contributed by atoms with Gasteiger partial charge in [0, 0.05) is 21.0 Å². The minimum absolute atomic E-state index is 0.363. The van der Waals surface area contributed by atoms with Crippen LogP contribution in [0.4, 0.5) is 0 Å². The summed E-state index contributed by atoms with van der Waals surface area (Å²) < 4.78 is 12.0.